The lowest BCUT2D eigenvalue weighted by atomic mass is 9.77. The number of carbonyl (C=O) groups excluding carboxylic acids is 1. The van der Waals surface area contributed by atoms with E-state index in [0.717, 1.165) is 55.3 Å². The normalized spacial score (nSPS) is 29.8. The van der Waals surface area contributed by atoms with Gasteiger partial charge in [-0.25, -0.2) is 0 Å². The van der Waals surface area contributed by atoms with E-state index < -0.39 is 0 Å². The third kappa shape index (κ3) is 4.06. The van der Waals surface area contributed by atoms with Crippen LogP contribution in [0.5, 0.6) is 0 Å². The average Bonchev–Trinajstić information content (AvgIpc) is 3.42. The van der Waals surface area contributed by atoms with Gasteiger partial charge in [0.1, 0.15) is 0 Å². The highest BCUT2D eigenvalue weighted by atomic mass is 16.5. The number of rotatable bonds is 6. The van der Waals surface area contributed by atoms with Crippen LogP contribution in [0.4, 0.5) is 5.69 Å². The first-order valence-electron chi connectivity index (χ1n) is 10.8. The monoisotopic (exact) mass is 385 g/mol. The van der Waals surface area contributed by atoms with Gasteiger partial charge in [-0.15, -0.1) is 0 Å². The predicted octanol–water partition coefficient (Wildman–Crippen LogP) is 3.24. The molecule has 2 aliphatic carbocycles. The Morgan fingerprint density at radius 2 is 1.93 bits per heavy atom. The van der Waals surface area contributed by atoms with Gasteiger partial charge in [0.15, 0.2) is 0 Å². The van der Waals surface area contributed by atoms with Crippen molar-refractivity contribution >= 4 is 11.6 Å². The number of carbonyl (C=O) groups is 1. The zero-order chi connectivity index (χ0) is 19.8. The highest BCUT2D eigenvalue weighted by molar-refractivity contribution is 6.00. The molecule has 4 atom stereocenters. The molecule has 0 spiro atoms. The van der Waals surface area contributed by atoms with Crippen LogP contribution in [0.1, 0.15) is 41.6 Å². The summed E-state index contributed by atoms with van der Waals surface area (Å²) in [6.45, 7) is 4.71. The Kier molecular flexibility index (Phi) is 5.66. The largest absolute Gasteiger partial charge is 0.387 e. The molecule has 0 bridgehead atoms. The van der Waals surface area contributed by atoms with Crippen LogP contribution in [0.25, 0.3) is 0 Å². The maximum Gasteiger partial charge on any atom is 0.255 e. The van der Waals surface area contributed by atoms with Crippen molar-refractivity contribution in [2.45, 2.75) is 44.8 Å². The number of aryl methyl sites for hydroxylation is 1. The average molecular weight is 386 g/mol. The Bertz CT molecular complexity index is 716. The lowest BCUT2D eigenvalue weighted by Gasteiger charge is -2.41. The number of amides is 1. The van der Waals surface area contributed by atoms with E-state index >= 15 is 0 Å². The Morgan fingerprint density at radius 1 is 1.21 bits per heavy atom. The fourth-order valence-electron chi connectivity index (χ4n) is 5.05. The standard InChI is InChI=1S/C23H35N3O2/c1-15-5-8-20(24-2)19(9-15)23(27)26-12-17-10-21(25(3)4)22(11-18(17)13-26)28-14-16-6-7-16/h5,8-9,16-18,21-22,24H,6-7,10-14H2,1-4H3/t17-,18+,21-,22-/m1/s1. The van der Waals surface area contributed by atoms with Crippen LogP contribution in [0.3, 0.4) is 0 Å². The van der Waals surface area contributed by atoms with E-state index in [9.17, 15) is 4.79 Å². The van der Waals surface area contributed by atoms with Gasteiger partial charge in [0, 0.05) is 38.5 Å². The first kappa shape index (κ1) is 19.7. The number of fused-ring (bicyclic) bond motifs is 1. The number of anilines is 1. The summed E-state index contributed by atoms with van der Waals surface area (Å²) in [4.78, 5) is 17.7. The number of nitrogens with zero attached hydrogens (tertiary/aromatic N) is 2. The van der Waals surface area contributed by atoms with E-state index in [4.69, 9.17) is 4.74 Å². The molecule has 0 radical (unpaired) electrons. The Balaban J connectivity index is 1.46. The summed E-state index contributed by atoms with van der Waals surface area (Å²) in [5, 5.41) is 3.18. The molecule has 1 aromatic rings. The molecule has 1 heterocycles. The lowest BCUT2D eigenvalue weighted by molar-refractivity contribution is -0.0493. The fraction of sp³-hybridized carbons (Fsp3) is 0.696. The first-order chi connectivity index (χ1) is 13.5. The van der Waals surface area contributed by atoms with E-state index in [1.807, 2.05) is 26.1 Å². The third-order valence-corrected chi connectivity index (χ3v) is 6.95. The number of hydrogen-bond acceptors (Lipinski definition) is 4. The van der Waals surface area contributed by atoms with Crippen molar-refractivity contribution in [1.82, 2.24) is 9.80 Å². The van der Waals surface area contributed by atoms with Crippen molar-refractivity contribution in [2.24, 2.45) is 17.8 Å². The predicted molar refractivity (Wildman–Crippen MR) is 113 cm³/mol. The van der Waals surface area contributed by atoms with Crippen molar-refractivity contribution in [2.75, 3.05) is 46.2 Å². The molecule has 3 aliphatic rings. The second kappa shape index (κ2) is 8.03. The Morgan fingerprint density at radius 3 is 2.57 bits per heavy atom. The first-order valence-corrected chi connectivity index (χ1v) is 10.8. The number of nitrogens with one attached hydrogen (secondary N) is 1. The fourth-order valence-corrected chi connectivity index (χ4v) is 5.05. The van der Waals surface area contributed by atoms with Crippen molar-refractivity contribution in [1.29, 1.82) is 0 Å². The van der Waals surface area contributed by atoms with E-state index in [2.05, 4.69) is 35.3 Å². The van der Waals surface area contributed by atoms with Crippen LogP contribution in [-0.2, 0) is 4.74 Å². The SMILES string of the molecule is CNc1ccc(C)cc1C(=O)N1C[C@H]2C[C@@H](N(C)C)[C@H](OCC3CC3)C[C@H]2C1. The Labute approximate surface area is 169 Å². The third-order valence-electron chi connectivity index (χ3n) is 6.95. The van der Waals surface area contributed by atoms with Crippen LogP contribution in [0.15, 0.2) is 18.2 Å². The van der Waals surface area contributed by atoms with Crippen LogP contribution in [0, 0.1) is 24.7 Å². The number of ether oxygens (including phenoxy) is 1. The van der Waals surface area contributed by atoms with Gasteiger partial charge in [0.05, 0.1) is 11.7 Å². The van der Waals surface area contributed by atoms with Crippen molar-refractivity contribution in [3.05, 3.63) is 29.3 Å². The lowest BCUT2D eigenvalue weighted by Crippen LogP contribution is -2.48. The maximum absolute atomic E-state index is 13.3. The molecule has 5 nitrogen and oxygen atoms in total. The zero-order valence-corrected chi connectivity index (χ0v) is 17.8. The van der Waals surface area contributed by atoms with Gasteiger partial charge in [-0.3, -0.25) is 4.79 Å². The summed E-state index contributed by atoms with van der Waals surface area (Å²) < 4.78 is 6.37. The van der Waals surface area contributed by atoms with E-state index in [1.165, 1.54) is 12.8 Å². The summed E-state index contributed by atoms with van der Waals surface area (Å²) in [7, 11) is 6.22. The molecule has 2 saturated carbocycles. The maximum atomic E-state index is 13.3. The number of likely N-dealkylation sites (tertiary alicyclic amines) is 1. The van der Waals surface area contributed by atoms with Gasteiger partial charge >= 0.3 is 0 Å². The second-order valence-electron chi connectivity index (χ2n) is 9.35. The van der Waals surface area contributed by atoms with Crippen LogP contribution < -0.4 is 5.32 Å². The summed E-state index contributed by atoms with van der Waals surface area (Å²) >= 11 is 0. The van der Waals surface area contributed by atoms with Gasteiger partial charge < -0.3 is 19.9 Å². The number of benzene rings is 1. The summed E-state index contributed by atoms with van der Waals surface area (Å²) in [5.41, 5.74) is 2.84. The molecule has 28 heavy (non-hydrogen) atoms. The second-order valence-corrected chi connectivity index (χ2v) is 9.35. The minimum Gasteiger partial charge on any atom is -0.387 e. The molecule has 5 heteroatoms. The molecule has 3 fully saturated rings. The molecular formula is C23H35N3O2. The number of likely N-dealkylation sites (N-methyl/N-ethyl adjacent to an activating group) is 1. The molecule has 1 amide bonds. The molecule has 1 aromatic carbocycles. The highest BCUT2D eigenvalue weighted by Gasteiger charge is 2.45. The summed E-state index contributed by atoms with van der Waals surface area (Å²) in [6.07, 6.45) is 5.18. The van der Waals surface area contributed by atoms with Gasteiger partial charge in [0.25, 0.3) is 5.91 Å². The van der Waals surface area contributed by atoms with Crippen LogP contribution in [-0.4, -0.2) is 68.7 Å². The molecular weight excluding hydrogens is 350 g/mol. The van der Waals surface area contributed by atoms with Crippen molar-refractivity contribution in [3.63, 3.8) is 0 Å². The van der Waals surface area contributed by atoms with E-state index in [0.29, 0.717) is 24.0 Å². The molecule has 4 rings (SSSR count). The topological polar surface area (TPSA) is 44.8 Å². The summed E-state index contributed by atoms with van der Waals surface area (Å²) in [6, 6.07) is 6.54. The molecule has 0 aromatic heterocycles. The van der Waals surface area contributed by atoms with E-state index in [-0.39, 0.29) is 5.91 Å². The quantitative estimate of drug-likeness (QED) is 0.817. The zero-order valence-electron chi connectivity index (χ0n) is 17.8. The van der Waals surface area contributed by atoms with Gasteiger partial charge in [-0.05, 0) is 76.6 Å². The molecule has 1 saturated heterocycles. The van der Waals surface area contributed by atoms with Gasteiger partial charge in [0.2, 0.25) is 0 Å². The van der Waals surface area contributed by atoms with Crippen LogP contribution in [0.2, 0.25) is 0 Å². The van der Waals surface area contributed by atoms with Crippen molar-refractivity contribution < 1.29 is 9.53 Å². The molecule has 154 valence electrons. The molecule has 1 N–H and O–H groups in total. The Hall–Kier alpha value is -1.59. The van der Waals surface area contributed by atoms with Crippen LogP contribution >= 0.6 is 0 Å². The molecule has 1 aliphatic heterocycles. The molecule has 0 unspecified atom stereocenters. The van der Waals surface area contributed by atoms with Crippen molar-refractivity contribution in [3.8, 4) is 0 Å². The summed E-state index contributed by atoms with van der Waals surface area (Å²) in [5.74, 6) is 2.11. The minimum atomic E-state index is 0.166. The van der Waals surface area contributed by atoms with Gasteiger partial charge in [-0.2, -0.15) is 0 Å². The highest BCUT2D eigenvalue weighted by Crippen LogP contribution is 2.40. The minimum absolute atomic E-state index is 0.166. The van der Waals surface area contributed by atoms with E-state index in [1.54, 1.807) is 0 Å². The van der Waals surface area contributed by atoms with Gasteiger partial charge in [-0.1, -0.05) is 11.6 Å². The number of hydrogen-bond donors (Lipinski definition) is 1. The smallest absolute Gasteiger partial charge is 0.255 e.